The lowest BCUT2D eigenvalue weighted by atomic mass is 9.82. The Morgan fingerprint density at radius 1 is 0.317 bits per heavy atom. The Balaban J connectivity index is 1.01. The minimum atomic E-state index is -0.0474. The van der Waals surface area contributed by atoms with Crippen molar-refractivity contribution in [1.29, 1.82) is 0 Å². The first-order valence-electron chi connectivity index (χ1n) is 20.9. The molecule has 10 aromatic rings. The van der Waals surface area contributed by atoms with E-state index in [0.717, 1.165) is 17.1 Å². The summed E-state index contributed by atoms with van der Waals surface area (Å²) in [5.41, 5.74) is 18.4. The van der Waals surface area contributed by atoms with Crippen molar-refractivity contribution in [2.24, 2.45) is 0 Å². The molecule has 1 nitrogen and oxygen atoms in total. The Bertz CT molecular complexity index is 3200. The average Bonchev–Trinajstić information content (AvgIpc) is 3.55. The molecule has 11 rings (SSSR count). The first kappa shape index (κ1) is 35.7. The van der Waals surface area contributed by atoms with Crippen LogP contribution >= 0.6 is 0 Å². The molecular weight excluding hydrogens is 723 g/mol. The molecular formula is C59H43N. The topological polar surface area (TPSA) is 3.24 Å². The molecule has 0 fully saturated rings. The minimum absolute atomic E-state index is 0.0474. The molecule has 0 aliphatic heterocycles. The molecule has 0 saturated heterocycles. The summed E-state index contributed by atoms with van der Waals surface area (Å²) < 4.78 is 0. The second kappa shape index (κ2) is 14.4. The van der Waals surface area contributed by atoms with Crippen LogP contribution in [0.1, 0.15) is 25.0 Å². The van der Waals surface area contributed by atoms with Crippen molar-refractivity contribution in [1.82, 2.24) is 0 Å². The second-order valence-electron chi connectivity index (χ2n) is 16.5. The molecule has 1 aliphatic carbocycles. The first-order valence-corrected chi connectivity index (χ1v) is 20.9. The second-order valence-corrected chi connectivity index (χ2v) is 16.5. The number of nitrogens with zero attached hydrogens (tertiary/aromatic N) is 1. The van der Waals surface area contributed by atoms with Crippen LogP contribution in [0.15, 0.2) is 224 Å². The van der Waals surface area contributed by atoms with Gasteiger partial charge in [0, 0.05) is 22.4 Å². The maximum absolute atomic E-state index is 2.41. The molecule has 0 bridgehead atoms. The van der Waals surface area contributed by atoms with E-state index in [1.165, 1.54) is 88.3 Å². The zero-order chi connectivity index (χ0) is 40.2. The van der Waals surface area contributed by atoms with E-state index in [4.69, 9.17) is 0 Å². The molecule has 10 aromatic carbocycles. The largest absolute Gasteiger partial charge is 0.310 e. The number of para-hydroxylation sites is 1. The van der Waals surface area contributed by atoms with Crippen molar-refractivity contribution >= 4 is 38.6 Å². The highest BCUT2D eigenvalue weighted by Gasteiger charge is 2.36. The van der Waals surface area contributed by atoms with Gasteiger partial charge in [-0.15, -0.1) is 0 Å². The molecule has 284 valence electrons. The number of hydrogen-bond acceptors (Lipinski definition) is 1. The lowest BCUT2D eigenvalue weighted by Crippen LogP contribution is -2.14. The van der Waals surface area contributed by atoms with Gasteiger partial charge in [0.25, 0.3) is 0 Å². The lowest BCUT2D eigenvalue weighted by molar-refractivity contribution is 0.660. The average molecular weight is 766 g/mol. The molecule has 0 aromatic heterocycles. The fourth-order valence-electron chi connectivity index (χ4n) is 9.60. The van der Waals surface area contributed by atoms with E-state index in [1.807, 2.05) is 0 Å². The number of benzene rings is 10. The van der Waals surface area contributed by atoms with Gasteiger partial charge in [0.1, 0.15) is 0 Å². The van der Waals surface area contributed by atoms with Gasteiger partial charge in [0.2, 0.25) is 0 Å². The normalized spacial score (nSPS) is 12.6. The van der Waals surface area contributed by atoms with Crippen LogP contribution in [0.5, 0.6) is 0 Å². The van der Waals surface area contributed by atoms with Crippen molar-refractivity contribution in [2.75, 3.05) is 4.90 Å². The molecule has 0 spiro atoms. The Kier molecular flexibility index (Phi) is 8.57. The van der Waals surface area contributed by atoms with Gasteiger partial charge in [-0.05, 0) is 119 Å². The summed E-state index contributed by atoms with van der Waals surface area (Å²) in [5.74, 6) is 0. The predicted molar refractivity (Wildman–Crippen MR) is 255 cm³/mol. The van der Waals surface area contributed by atoms with E-state index < -0.39 is 0 Å². The lowest BCUT2D eigenvalue weighted by Gasteiger charge is -2.28. The Hall–Kier alpha value is -7.48. The van der Waals surface area contributed by atoms with Gasteiger partial charge >= 0.3 is 0 Å². The van der Waals surface area contributed by atoms with Crippen molar-refractivity contribution in [2.45, 2.75) is 19.3 Å². The summed E-state index contributed by atoms with van der Waals surface area (Å²) in [6.45, 7) is 4.70. The van der Waals surface area contributed by atoms with Crippen molar-refractivity contribution in [3.05, 3.63) is 236 Å². The molecule has 0 atom stereocenters. The molecule has 0 unspecified atom stereocenters. The van der Waals surface area contributed by atoms with E-state index in [2.05, 4.69) is 243 Å². The van der Waals surface area contributed by atoms with Crippen molar-refractivity contribution < 1.29 is 0 Å². The fraction of sp³-hybridized carbons (Fsp3) is 0.0508. The van der Waals surface area contributed by atoms with Crippen LogP contribution in [-0.4, -0.2) is 0 Å². The van der Waals surface area contributed by atoms with E-state index in [1.54, 1.807) is 0 Å². The third-order valence-electron chi connectivity index (χ3n) is 12.7. The summed E-state index contributed by atoms with van der Waals surface area (Å²) in [5, 5.41) is 5.02. The van der Waals surface area contributed by atoms with E-state index in [9.17, 15) is 0 Å². The van der Waals surface area contributed by atoms with Crippen molar-refractivity contribution in [3.8, 4) is 55.6 Å². The fourth-order valence-corrected chi connectivity index (χ4v) is 9.60. The molecule has 60 heavy (non-hydrogen) atoms. The summed E-state index contributed by atoms with van der Waals surface area (Å²) in [6.07, 6.45) is 0. The summed E-state index contributed by atoms with van der Waals surface area (Å²) in [7, 11) is 0. The van der Waals surface area contributed by atoms with Gasteiger partial charge in [0.15, 0.2) is 0 Å². The molecule has 0 saturated carbocycles. The van der Waals surface area contributed by atoms with Crippen LogP contribution in [0.2, 0.25) is 0 Å². The Labute approximate surface area is 352 Å². The highest BCUT2D eigenvalue weighted by molar-refractivity contribution is 5.98. The van der Waals surface area contributed by atoms with Crippen LogP contribution in [-0.2, 0) is 5.41 Å². The molecule has 1 aliphatic rings. The van der Waals surface area contributed by atoms with Gasteiger partial charge in [-0.1, -0.05) is 202 Å². The third kappa shape index (κ3) is 6.01. The third-order valence-corrected chi connectivity index (χ3v) is 12.7. The molecule has 0 heterocycles. The minimum Gasteiger partial charge on any atom is -0.310 e. The van der Waals surface area contributed by atoms with Gasteiger partial charge in [-0.25, -0.2) is 0 Å². The van der Waals surface area contributed by atoms with Gasteiger partial charge in [-0.2, -0.15) is 0 Å². The highest BCUT2D eigenvalue weighted by atomic mass is 15.1. The maximum atomic E-state index is 2.41. The summed E-state index contributed by atoms with van der Waals surface area (Å²) in [4.78, 5) is 2.41. The Morgan fingerprint density at radius 2 is 0.800 bits per heavy atom. The van der Waals surface area contributed by atoms with Gasteiger partial charge in [0.05, 0.1) is 5.69 Å². The maximum Gasteiger partial charge on any atom is 0.0540 e. The van der Waals surface area contributed by atoms with E-state index in [0.29, 0.717) is 0 Å². The SMILES string of the molecule is CC1(C)c2ccccc2-c2c(-c3ccc(N(c4ccc(-c5cccc6ccccc56)cc4)c4ccccc4-c4ccc(-c5ccc6ccccc6c5)cc4)cc3)cccc21. The van der Waals surface area contributed by atoms with E-state index >= 15 is 0 Å². The highest BCUT2D eigenvalue weighted by Crippen LogP contribution is 2.52. The van der Waals surface area contributed by atoms with Crippen LogP contribution < -0.4 is 4.90 Å². The van der Waals surface area contributed by atoms with Crippen molar-refractivity contribution in [3.63, 3.8) is 0 Å². The quantitative estimate of drug-likeness (QED) is 0.156. The van der Waals surface area contributed by atoms with E-state index in [-0.39, 0.29) is 5.41 Å². The zero-order valence-electron chi connectivity index (χ0n) is 33.8. The Morgan fingerprint density at radius 3 is 1.57 bits per heavy atom. The number of hydrogen-bond donors (Lipinski definition) is 0. The monoisotopic (exact) mass is 765 g/mol. The standard InChI is InChI=1S/C59H43N/c1-59(2)55-22-9-7-19-54(55)58-53(21-12-23-56(58)59)45-33-37-49(38-34-45)60(48-35-31-43(32-36-48)51-20-11-16-42-14-5-6-17-50(42)51)57-24-10-8-18-52(57)44-28-25-41(26-29-44)47-30-27-40-13-3-4-15-46(40)39-47/h3-39H,1-2H3. The number of fused-ring (bicyclic) bond motifs is 5. The smallest absolute Gasteiger partial charge is 0.0540 e. The summed E-state index contributed by atoms with van der Waals surface area (Å²) >= 11 is 0. The summed E-state index contributed by atoms with van der Waals surface area (Å²) in [6, 6.07) is 82.3. The molecule has 0 radical (unpaired) electrons. The predicted octanol–water partition coefficient (Wildman–Crippen LogP) is 16.4. The molecule has 0 amide bonds. The van der Waals surface area contributed by atoms with Crippen LogP contribution in [0.4, 0.5) is 17.1 Å². The first-order chi connectivity index (χ1) is 29.5. The van der Waals surface area contributed by atoms with Crippen LogP contribution in [0, 0.1) is 0 Å². The van der Waals surface area contributed by atoms with Gasteiger partial charge < -0.3 is 4.90 Å². The number of anilines is 3. The molecule has 0 N–H and O–H groups in total. The number of rotatable bonds is 7. The zero-order valence-corrected chi connectivity index (χ0v) is 33.8. The molecule has 1 heteroatoms. The van der Waals surface area contributed by atoms with Crippen LogP contribution in [0.3, 0.4) is 0 Å². The van der Waals surface area contributed by atoms with Crippen LogP contribution in [0.25, 0.3) is 77.2 Å². The van der Waals surface area contributed by atoms with Gasteiger partial charge in [-0.3, -0.25) is 0 Å².